The van der Waals surface area contributed by atoms with Crippen molar-refractivity contribution < 1.29 is 9.90 Å². The SMILES string of the molecule is O=C(O)CN1CCCN(CCCN2CCCC2)CC1. The monoisotopic (exact) mass is 269 g/mol. The summed E-state index contributed by atoms with van der Waals surface area (Å²) in [5.74, 6) is -0.706. The van der Waals surface area contributed by atoms with Gasteiger partial charge < -0.3 is 14.9 Å². The minimum Gasteiger partial charge on any atom is -0.480 e. The van der Waals surface area contributed by atoms with Gasteiger partial charge in [0, 0.05) is 19.6 Å². The van der Waals surface area contributed by atoms with E-state index in [9.17, 15) is 4.79 Å². The quantitative estimate of drug-likeness (QED) is 0.764. The lowest BCUT2D eigenvalue weighted by atomic mass is 10.3. The Morgan fingerprint density at radius 3 is 2.00 bits per heavy atom. The van der Waals surface area contributed by atoms with Gasteiger partial charge in [0.05, 0.1) is 6.54 Å². The van der Waals surface area contributed by atoms with Crippen LogP contribution >= 0.6 is 0 Å². The highest BCUT2D eigenvalue weighted by molar-refractivity contribution is 5.69. The average molecular weight is 269 g/mol. The number of nitrogens with zero attached hydrogens (tertiary/aromatic N) is 3. The zero-order chi connectivity index (χ0) is 13.5. The van der Waals surface area contributed by atoms with Crippen LogP contribution in [0.5, 0.6) is 0 Å². The van der Waals surface area contributed by atoms with E-state index >= 15 is 0 Å². The van der Waals surface area contributed by atoms with Crippen LogP contribution in [0.3, 0.4) is 0 Å². The van der Waals surface area contributed by atoms with Gasteiger partial charge in [-0.3, -0.25) is 9.69 Å². The summed E-state index contributed by atoms with van der Waals surface area (Å²) in [4.78, 5) is 17.8. The van der Waals surface area contributed by atoms with E-state index in [0.717, 1.165) is 39.1 Å². The maximum atomic E-state index is 10.7. The summed E-state index contributed by atoms with van der Waals surface area (Å²) in [6.45, 7) is 9.13. The number of hydrogen-bond acceptors (Lipinski definition) is 4. The van der Waals surface area contributed by atoms with Gasteiger partial charge in [0.1, 0.15) is 0 Å². The molecule has 0 spiro atoms. The van der Waals surface area contributed by atoms with Crippen molar-refractivity contribution in [1.29, 1.82) is 0 Å². The van der Waals surface area contributed by atoms with Gasteiger partial charge >= 0.3 is 5.97 Å². The molecule has 0 radical (unpaired) electrons. The number of aliphatic carboxylic acids is 1. The molecule has 5 heteroatoms. The zero-order valence-electron chi connectivity index (χ0n) is 11.9. The summed E-state index contributed by atoms with van der Waals surface area (Å²) in [6, 6.07) is 0. The lowest BCUT2D eigenvalue weighted by molar-refractivity contribution is -0.138. The van der Waals surface area contributed by atoms with E-state index < -0.39 is 5.97 Å². The molecule has 0 aromatic heterocycles. The van der Waals surface area contributed by atoms with E-state index in [4.69, 9.17) is 5.11 Å². The number of carboxylic acid groups (broad SMARTS) is 1. The van der Waals surface area contributed by atoms with Crippen molar-refractivity contribution in [2.45, 2.75) is 25.7 Å². The Balaban J connectivity index is 1.60. The summed E-state index contributed by atoms with van der Waals surface area (Å²) in [7, 11) is 0. The molecule has 1 N–H and O–H groups in total. The topological polar surface area (TPSA) is 47.0 Å². The molecule has 0 unspecified atom stereocenters. The molecule has 2 aliphatic heterocycles. The molecular weight excluding hydrogens is 242 g/mol. The van der Waals surface area contributed by atoms with E-state index in [1.54, 1.807) is 0 Å². The molecule has 5 nitrogen and oxygen atoms in total. The summed E-state index contributed by atoms with van der Waals surface area (Å²) in [5, 5.41) is 8.83. The molecule has 110 valence electrons. The van der Waals surface area contributed by atoms with Gasteiger partial charge in [-0.25, -0.2) is 0 Å². The molecule has 0 atom stereocenters. The van der Waals surface area contributed by atoms with Crippen molar-refractivity contribution >= 4 is 5.97 Å². The van der Waals surface area contributed by atoms with Gasteiger partial charge in [-0.15, -0.1) is 0 Å². The number of rotatable bonds is 6. The highest BCUT2D eigenvalue weighted by Crippen LogP contribution is 2.09. The lowest BCUT2D eigenvalue weighted by Gasteiger charge is -2.22. The van der Waals surface area contributed by atoms with Gasteiger partial charge in [-0.05, 0) is 58.4 Å². The minimum atomic E-state index is -0.706. The van der Waals surface area contributed by atoms with Crippen LogP contribution in [0, 0.1) is 0 Å². The Morgan fingerprint density at radius 1 is 0.789 bits per heavy atom. The minimum absolute atomic E-state index is 0.196. The molecular formula is C14H27N3O2. The molecule has 2 heterocycles. The first kappa shape index (κ1) is 14.8. The predicted molar refractivity (Wildman–Crippen MR) is 75.4 cm³/mol. The van der Waals surface area contributed by atoms with Crippen LogP contribution in [0.25, 0.3) is 0 Å². The molecule has 19 heavy (non-hydrogen) atoms. The number of carboxylic acids is 1. The third kappa shape index (κ3) is 5.47. The Kier molecular flexibility index (Phi) is 6.07. The highest BCUT2D eigenvalue weighted by Gasteiger charge is 2.17. The van der Waals surface area contributed by atoms with E-state index in [-0.39, 0.29) is 6.54 Å². The largest absolute Gasteiger partial charge is 0.480 e. The van der Waals surface area contributed by atoms with Crippen LogP contribution in [0.4, 0.5) is 0 Å². The van der Waals surface area contributed by atoms with Crippen molar-refractivity contribution in [2.24, 2.45) is 0 Å². The van der Waals surface area contributed by atoms with Gasteiger partial charge in [0.25, 0.3) is 0 Å². The molecule has 0 aliphatic carbocycles. The van der Waals surface area contributed by atoms with Crippen LogP contribution in [0.1, 0.15) is 25.7 Å². The van der Waals surface area contributed by atoms with E-state index in [1.807, 2.05) is 0 Å². The van der Waals surface area contributed by atoms with E-state index in [2.05, 4.69) is 14.7 Å². The predicted octanol–water partition coefficient (Wildman–Crippen LogP) is 0.565. The Labute approximate surface area is 116 Å². The molecule has 0 aromatic carbocycles. The van der Waals surface area contributed by atoms with E-state index in [1.165, 1.54) is 38.9 Å². The van der Waals surface area contributed by atoms with Crippen LogP contribution in [0.2, 0.25) is 0 Å². The molecule has 0 aromatic rings. The van der Waals surface area contributed by atoms with Gasteiger partial charge in [0.15, 0.2) is 0 Å². The first-order chi connectivity index (χ1) is 9.24. The van der Waals surface area contributed by atoms with Crippen LogP contribution in [0.15, 0.2) is 0 Å². The second kappa shape index (κ2) is 7.82. The van der Waals surface area contributed by atoms with Gasteiger partial charge in [0.2, 0.25) is 0 Å². The molecule has 2 saturated heterocycles. The fourth-order valence-corrected chi connectivity index (χ4v) is 3.12. The van der Waals surface area contributed by atoms with Crippen molar-refractivity contribution in [3.8, 4) is 0 Å². The summed E-state index contributed by atoms with van der Waals surface area (Å²) < 4.78 is 0. The maximum Gasteiger partial charge on any atom is 0.317 e. The van der Waals surface area contributed by atoms with Crippen molar-refractivity contribution in [2.75, 3.05) is 58.9 Å². The van der Waals surface area contributed by atoms with Crippen LogP contribution in [-0.2, 0) is 4.79 Å². The van der Waals surface area contributed by atoms with Crippen LogP contribution < -0.4 is 0 Å². The third-order valence-corrected chi connectivity index (χ3v) is 4.19. The number of likely N-dealkylation sites (tertiary alicyclic amines) is 1. The van der Waals surface area contributed by atoms with E-state index in [0.29, 0.717) is 0 Å². The van der Waals surface area contributed by atoms with Crippen LogP contribution in [-0.4, -0.2) is 84.7 Å². The summed E-state index contributed by atoms with van der Waals surface area (Å²) in [6.07, 6.45) is 5.08. The highest BCUT2D eigenvalue weighted by atomic mass is 16.4. The smallest absolute Gasteiger partial charge is 0.317 e. The molecule has 2 aliphatic rings. The second-order valence-corrected chi connectivity index (χ2v) is 5.77. The maximum absolute atomic E-state index is 10.7. The summed E-state index contributed by atoms with van der Waals surface area (Å²) >= 11 is 0. The average Bonchev–Trinajstić information content (AvgIpc) is 2.78. The number of carbonyl (C=O) groups is 1. The molecule has 0 saturated carbocycles. The first-order valence-corrected chi connectivity index (χ1v) is 7.63. The Hall–Kier alpha value is -0.650. The van der Waals surface area contributed by atoms with Crippen molar-refractivity contribution in [3.63, 3.8) is 0 Å². The first-order valence-electron chi connectivity index (χ1n) is 7.63. The number of hydrogen-bond donors (Lipinski definition) is 1. The second-order valence-electron chi connectivity index (χ2n) is 5.77. The van der Waals surface area contributed by atoms with Crippen molar-refractivity contribution in [3.05, 3.63) is 0 Å². The fourth-order valence-electron chi connectivity index (χ4n) is 3.12. The normalized spacial score (nSPS) is 23.6. The Bertz CT molecular complexity index is 280. The molecule has 0 amide bonds. The summed E-state index contributed by atoms with van der Waals surface area (Å²) in [5.41, 5.74) is 0. The lowest BCUT2D eigenvalue weighted by Crippen LogP contribution is -2.35. The standard InChI is InChI=1S/C14H27N3O2/c18-14(19)13-17-10-4-9-16(11-12-17)8-3-7-15-5-1-2-6-15/h1-13H2,(H,18,19). The Morgan fingerprint density at radius 2 is 1.32 bits per heavy atom. The van der Waals surface area contributed by atoms with Gasteiger partial charge in [-0.1, -0.05) is 0 Å². The van der Waals surface area contributed by atoms with Gasteiger partial charge in [-0.2, -0.15) is 0 Å². The molecule has 2 fully saturated rings. The van der Waals surface area contributed by atoms with Crippen molar-refractivity contribution in [1.82, 2.24) is 14.7 Å². The fraction of sp³-hybridized carbons (Fsp3) is 0.929. The third-order valence-electron chi connectivity index (χ3n) is 4.19. The molecule has 0 bridgehead atoms. The zero-order valence-corrected chi connectivity index (χ0v) is 11.9. The molecule has 2 rings (SSSR count).